The number of methoxy groups -OCH3 is 1. The van der Waals surface area contributed by atoms with Crippen molar-refractivity contribution in [3.05, 3.63) is 95.8 Å². The minimum Gasteiger partial charge on any atom is -0.497 e. The lowest BCUT2D eigenvalue weighted by Crippen LogP contribution is -2.30. The number of esters is 1. The summed E-state index contributed by atoms with van der Waals surface area (Å²) < 4.78 is 23.7. The molecule has 0 radical (unpaired) electrons. The van der Waals surface area contributed by atoms with Gasteiger partial charge in [-0.25, -0.2) is 14.2 Å². The molecule has 4 rings (SSSR count). The van der Waals surface area contributed by atoms with Crippen LogP contribution < -0.4 is 10.1 Å². The van der Waals surface area contributed by atoms with Crippen LogP contribution in [0.25, 0.3) is 22.2 Å². The molecule has 1 N–H and O–H groups in total. The quantitative estimate of drug-likeness (QED) is 0.392. The first-order chi connectivity index (χ1) is 16.5. The van der Waals surface area contributed by atoms with Crippen molar-refractivity contribution in [1.82, 2.24) is 10.3 Å². The number of aromatic nitrogens is 1. The molecule has 1 aromatic heterocycles. The van der Waals surface area contributed by atoms with Gasteiger partial charge in [0.25, 0.3) is 5.91 Å². The van der Waals surface area contributed by atoms with Crippen LogP contribution in [0.2, 0.25) is 0 Å². The van der Waals surface area contributed by atoms with E-state index in [1.807, 2.05) is 30.3 Å². The molecule has 34 heavy (non-hydrogen) atoms. The number of amides is 1. The number of rotatable bonds is 8. The van der Waals surface area contributed by atoms with Crippen LogP contribution in [-0.2, 0) is 16.0 Å². The van der Waals surface area contributed by atoms with Gasteiger partial charge in [-0.2, -0.15) is 0 Å². The maximum absolute atomic E-state index is 13.3. The van der Waals surface area contributed by atoms with Gasteiger partial charge in [-0.05, 0) is 60.5 Å². The molecule has 1 heterocycles. The van der Waals surface area contributed by atoms with E-state index in [4.69, 9.17) is 9.47 Å². The normalized spacial score (nSPS) is 10.6. The Labute approximate surface area is 196 Å². The molecule has 0 unspecified atom stereocenters. The second-order valence-electron chi connectivity index (χ2n) is 7.60. The molecule has 1 amide bonds. The Morgan fingerprint density at radius 1 is 0.971 bits per heavy atom. The summed E-state index contributed by atoms with van der Waals surface area (Å²) in [5.41, 5.74) is 3.11. The highest BCUT2D eigenvalue weighted by Crippen LogP contribution is 2.25. The number of halogens is 1. The Morgan fingerprint density at radius 2 is 1.71 bits per heavy atom. The molecule has 172 valence electrons. The fourth-order valence-electron chi connectivity index (χ4n) is 3.51. The molecular formula is C27H23FN2O4. The fraction of sp³-hybridized carbons (Fsp3) is 0.148. The number of carbonyl (C=O) groups excluding carboxylic acids is 2. The van der Waals surface area contributed by atoms with Crippen molar-refractivity contribution in [2.75, 3.05) is 20.3 Å². The van der Waals surface area contributed by atoms with Crippen LogP contribution >= 0.6 is 0 Å². The number of para-hydroxylation sites is 1. The van der Waals surface area contributed by atoms with Crippen molar-refractivity contribution >= 4 is 22.8 Å². The standard InChI is InChI=1S/C27H23FN2O4/c1-33-21-12-6-18(7-13-21)14-15-29-26(31)17-34-27(32)23-16-25(19-8-10-20(28)11-9-19)30-24-5-3-2-4-22(23)24/h2-13,16H,14-15,17H2,1H3,(H,29,31). The van der Waals surface area contributed by atoms with Gasteiger partial charge in [0, 0.05) is 17.5 Å². The largest absolute Gasteiger partial charge is 0.497 e. The minimum absolute atomic E-state index is 0.288. The van der Waals surface area contributed by atoms with Gasteiger partial charge in [0.2, 0.25) is 0 Å². The van der Waals surface area contributed by atoms with Crippen molar-refractivity contribution in [3.63, 3.8) is 0 Å². The van der Waals surface area contributed by atoms with E-state index in [1.165, 1.54) is 12.1 Å². The molecule has 0 saturated heterocycles. The molecule has 4 aromatic rings. The zero-order chi connectivity index (χ0) is 23.9. The van der Waals surface area contributed by atoms with Gasteiger partial charge >= 0.3 is 5.97 Å². The lowest BCUT2D eigenvalue weighted by molar-refractivity contribution is -0.124. The van der Waals surface area contributed by atoms with Crippen LogP contribution in [0.4, 0.5) is 4.39 Å². The SMILES string of the molecule is COc1ccc(CCNC(=O)COC(=O)c2cc(-c3ccc(F)cc3)nc3ccccc23)cc1. The van der Waals surface area contributed by atoms with E-state index in [-0.39, 0.29) is 17.3 Å². The number of fused-ring (bicyclic) bond motifs is 1. The predicted octanol–water partition coefficient (Wildman–Crippen LogP) is 4.57. The molecule has 6 nitrogen and oxygen atoms in total. The summed E-state index contributed by atoms with van der Waals surface area (Å²) in [6, 6.07) is 22.2. The first kappa shape index (κ1) is 22.9. The van der Waals surface area contributed by atoms with Crippen LogP contribution in [0.5, 0.6) is 5.75 Å². The van der Waals surface area contributed by atoms with Gasteiger partial charge in [0.1, 0.15) is 11.6 Å². The smallest absolute Gasteiger partial charge is 0.339 e. The van der Waals surface area contributed by atoms with E-state index in [0.29, 0.717) is 35.1 Å². The number of pyridine rings is 1. The van der Waals surface area contributed by atoms with Gasteiger partial charge in [-0.3, -0.25) is 4.79 Å². The molecular weight excluding hydrogens is 435 g/mol. The third-order valence-electron chi connectivity index (χ3n) is 5.31. The molecule has 0 aliphatic heterocycles. The summed E-state index contributed by atoms with van der Waals surface area (Å²) in [5.74, 6) is -0.612. The van der Waals surface area contributed by atoms with Crippen molar-refractivity contribution in [1.29, 1.82) is 0 Å². The van der Waals surface area contributed by atoms with E-state index in [2.05, 4.69) is 10.3 Å². The molecule has 3 aromatic carbocycles. The monoisotopic (exact) mass is 458 g/mol. The van der Waals surface area contributed by atoms with Crippen LogP contribution in [0.3, 0.4) is 0 Å². The van der Waals surface area contributed by atoms with Crippen LogP contribution in [0.15, 0.2) is 78.9 Å². The van der Waals surface area contributed by atoms with E-state index >= 15 is 0 Å². The average molecular weight is 458 g/mol. The highest BCUT2D eigenvalue weighted by atomic mass is 19.1. The highest BCUT2D eigenvalue weighted by molar-refractivity contribution is 6.05. The number of hydrogen-bond acceptors (Lipinski definition) is 5. The number of nitrogens with zero attached hydrogens (tertiary/aromatic N) is 1. The first-order valence-electron chi connectivity index (χ1n) is 10.8. The van der Waals surface area contributed by atoms with E-state index in [9.17, 15) is 14.0 Å². The number of carbonyl (C=O) groups is 2. The Morgan fingerprint density at radius 3 is 2.44 bits per heavy atom. The van der Waals surface area contributed by atoms with Crippen molar-refractivity contribution in [2.45, 2.75) is 6.42 Å². The molecule has 0 aliphatic rings. The van der Waals surface area contributed by atoms with Gasteiger partial charge < -0.3 is 14.8 Å². The maximum Gasteiger partial charge on any atom is 0.339 e. The topological polar surface area (TPSA) is 77.5 Å². The Kier molecular flexibility index (Phi) is 7.13. The lowest BCUT2D eigenvalue weighted by Gasteiger charge is -2.11. The highest BCUT2D eigenvalue weighted by Gasteiger charge is 2.16. The molecule has 0 fully saturated rings. The molecule has 0 bridgehead atoms. The first-order valence-corrected chi connectivity index (χ1v) is 10.8. The van der Waals surface area contributed by atoms with Crippen LogP contribution in [0.1, 0.15) is 15.9 Å². The summed E-state index contributed by atoms with van der Waals surface area (Å²) in [5, 5.41) is 3.36. The molecule has 0 atom stereocenters. The van der Waals surface area contributed by atoms with Gasteiger partial charge in [0.15, 0.2) is 6.61 Å². The summed E-state index contributed by atoms with van der Waals surface area (Å²) in [4.78, 5) is 29.6. The third kappa shape index (κ3) is 5.56. The van der Waals surface area contributed by atoms with Gasteiger partial charge in [-0.1, -0.05) is 30.3 Å². The minimum atomic E-state index is -0.632. The van der Waals surface area contributed by atoms with Crippen LogP contribution in [0, 0.1) is 5.82 Å². The predicted molar refractivity (Wildman–Crippen MR) is 127 cm³/mol. The third-order valence-corrected chi connectivity index (χ3v) is 5.31. The second-order valence-corrected chi connectivity index (χ2v) is 7.60. The number of benzene rings is 3. The summed E-state index contributed by atoms with van der Waals surface area (Å²) >= 11 is 0. The number of ether oxygens (including phenoxy) is 2. The van der Waals surface area contributed by atoms with E-state index < -0.39 is 12.6 Å². The van der Waals surface area contributed by atoms with Crippen molar-refractivity contribution in [3.8, 4) is 17.0 Å². The summed E-state index contributed by atoms with van der Waals surface area (Å²) in [6.07, 6.45) is 0.639. The zero-order valence-corrected chi connectivity index (χ0v) is 18.6. The Hall–Kier alpha value is -4.26. The lowest BCUT2D eigenvalue weighted by atomic mass is 10.0. The van der Waals surface area contributed by atoms with Gasteiger partial charge in [0.05, 0.1) is 23.9 Å². The Balaban J connectivity index is 1.40. The molecule has 7 heteroatoms. The molecule has 0 spiro atoms. The Bertz CT molecular complexity index is 1300. The average Bonchev–Trinajstić information content (AvgIpc) is 2.87. The van der Waals surface area contributed by atoms with Crippen LogP contribution in [-0.4, -0.2) is 37.1 Å². The summed E-state index contributed by atoms with van der Waals surface area (Å²) in [6.45, 7) is 0.0135. The second kappa shape index (κ2) is 10.6. The van der Waals surface area contributed by atoms with E-state index in [1.54, 1.807) is 43.5 Å². The van der Waals surface area contributed by atoms with Crippen molar-refractivity contribution < 1.29 is 23.5 Å². The fourth-order valence-corrected chi connectivity index (χ4v) is 3.51. The van der Waals surface area contributed by atoms with Crippen molar-refractivity contribution in [2.24, 2.45) is 0 Å². The number of nitrogens with one attached hydrogen (secondary N) is 1. The molecule has 0 aliphatic carbocycles. The maximum atomic E-state index is 13.3. The summed E-state index contributed by atoms with van der Waals surface area (Å²) in [7, 11) is 1.61. The number of hydrogen-bond donors (Lipinski definition) is 1. The zero-order valence-electron chi connectivity index (χ0n) is 18.6. The molecule has 0 saturated carbocycles. The van der Waals surface area contributed by atoms with Gasteiger partial charge in [-0.15, -0.1) is 0 Å². The van der Waals surface area contributed by atoms with E-state index in [0.717, 1.165) is 11.3 Å².